The number of nitrogens with one attached hydrogen (secondary N) is 2. The summed E-state index contributed by atoms with van der Waals surface area (Å²) in [7, 11) is 0. The number of nitro groups is 1. The van der Waals surface area contributed by atoms with Crippen molar-refractivity contribution in [1.82, 2.24) is 10.3 Å². The number of carbonyl (C=O) groups is 2. The third-order valence-corrected chi connectivity index (χ3v) is 4.76. The number of aromatic nitrogens is 1. The number of non-ortho nitro benzene ring substituents is 1. The first-order valence-electron chi connectivity index (χ1n) is 9.07. The number of nitro benzene ring substituents is 1. The summed E-state index contributed by atoms with van der Waals surface area (Å²) >= 11 is 0. The number of ether oxygens (including phenoxy) is 1. The lowest BCUT2D eigenvalue weighted by molar-refractivity contribution is -0.384. The van der Waals surface area contributed by atoms with Gasteiger partial charge < -0.3 is 19.9 Å². The summed E-state index contributed by atoms with van der Waals surface area (Å²) in [5.41, 5.74) is 2.45. The molecule has 148 valence electrons. The quantitative estimate of drug-likeness (QED) is 0.286. The fraction of sp³-hybridized carbons (Fsp3) is 0.200. The number of rotatable bonds is 6. The summed E-state index contributed by atoms with van der Waals surface area (Å²) < 4.78 is 5.09. The zero-order valence-corrected chi connectivity index (χ0v) is 15.4. The maximum Gasteiger partial charge on any atom is 0.331 e. The van der Waals surface area contributed by atoms with Crippen molar-refractivity contribution < 1.29 is 19.2 Å². The monoisotopic (exact) mass is 394 g/mol. The molecule has 4 rings (SSSR count). The molecule has 0 aliphatic carbocycles. The smallest absolute Gasteiger partial charge is 0.331 e. The van der Waals surface area contributed by atoms with E-state index < -0.39 is 10.9 Å². The average molecular weight is 394 g/mol. The maximum absolute atomic E-state index is 12.4. The minimum absolute atomic E-state index is 0.0478. The molecule has 1 aliphatic rings. The number of para-hydroxylation sites is 1. The number of aromatic amines is 1. The van der Waals surface area contributed by atoms with Crippen LogP contribution in [0.5, 0.6) is 5.75 Å². The van der Waals surface area contributed by atoms with Gasteiger partial charge in [-0.05, 0) is 24.1 Å². The average Bonchev–Trinajstić information content (AvgIpc) is 3.10. The van der Waals surface area contributed by atoms with Crippen LogP contribution in [0.1, 0.15) is 5.56 Å². The first-order valence-corrected chi connectivity index (χ1v) is 9.07. The highest BCUT2D eigenvalue weighted by atomic mass is 16.6. The van der Waals surface area contributed by atoms with Crippen LogP contribution in [-0.4, -0.2) is 41.4 Å². The normalized spacial score (nSPS) is 13.1. The zero-order chi connectivity index (χ0) is 20.4. The molecule has 2 heterocycles. The fourth-order valence-electron chi connectivity index (χ4n) is 3.40. The van der Waals surface area contributed by atoms with Gasteiger partial charge in [0.05, 0.1) is 23.2 Å². The van der Waals surface area contributed by atoms with Gasteiger partial charge in [-0.25, -0.2) is 4.79 Å². The number of esters is 1. The van der Waals surface area contributed by atoms with E-state index in [1.54, 1.807) is 4.90 Å². The second-order valence-electron chi connectivity index (χ2n) is 6.70. The lowest BCUT2D eigenvalue weighted by atomic mass is 10.1. The molecule has 0 unspecified atom stereocenters. The molecule has 9 heteroatoms. The number of amides is 1. The van der Waals surface area contributed by atoms with Crippen LogP contribution < -0.4 is 15.0 Å². The van der Waals surface area contributed by atoms with Crippen LogP contribution in [0.3, 0.4) is 0 Å². The van der Waals surface area contributed by atoms with Gasteiger partial charge in [0.2, 0.25) is 5.91 Å². The summed E-state index contributed by atoms with van der Waals surface area (Å²) in [6, 6.07) is 11.9. The van der Waals surface area contributed by atoms with Crippen LogP contribution in [0.2, 0.25) is 0 Å². The van der Waals surface area contributed by atoms with Gasteiger partial charge in [-0.1, -0.05) is 18.2 Å². The second-order valence-corrected chi connectivity index (χ2v) is 6.70. The molecule has 9 nitrogen and oxygen atoms in total. The number of carbonyl (C=O) groups excluding carboxylic acids is 2. The Labute approximate surface area is 165 Å². The van der Waals surface area contributed by atoms with E-state index >= 15 is 0 Å². The van der Waals surface area contributed by atoms with Gasteiger partial charge >= 0.3 is 5.97 Å². The van der Waals surface area contributed by atoms with Crippen LogP contribution in [0.4, 0.5) is 11.4 Å². The zero-order valence-electron chi connectivity index (χ0n) is 15.4. The highest BCUT2D eigenvalue weighted by Gasteiger charge is 2.27. The number of H-pyrrole nitrogens is 1. The minimum Gasteiger partial charge on any atom is -0.423 e. The molecule has 3 aromatic rings. The Kier molecular flexibility index (Phi) is 4.86. The van der Waals surface area contributed by atoms with Crippen molar-refractivity contribution in [2.45, 2.75) is 6.42 Å². The van der Waals surface area contributed by atoms with Crippen LogP contribution in [0.25, 0.3) is 10.9 Å². The topological polar surface area (TPSA) is 118 Å². The maximum atomic E-state index is 12.4. The summed E-state index contributed by atoms with van der Waals surface area (Å²) in [5, 5.41) is 14.9. The number of hydrogen-bond acceptors (Lipinski definition) is 6. The number of benzene rings is 2. The van der Waals surface area contributed by atoms with Gasteiger partial charge in [0.15, 0.2) is 5.75 Å². The third-order valence-electron chi connectivity index (χ3n) is 4.76. The minimum atomic E-state index is -0.565. The van der Waals surface area contributed by atoms with Gasteiger partial charge in [0.1, 0.15) is 6.54 Å². The van der Waals surface area contributed by atoms with Crippen LogP contribution in [0.15, 0.2) is 48.7 Å². The molecule has 0 saturated carbocycles. The first-order chi connectivity index (χ1) is 14.0. The first kappa shape index (κ1) is 18.5. The summed E-state index contributed by atoms with van der Waals surface area (Å²) in [4.78, 5) is 39.3. The fourth-order valence-corrected chi connectivity index (χ4v) is 3.40. The largest absolute Gasteiger partial charge is 0.423 e. The van der Waals surface area contributed by atoms with E-state index in [-0.39, 0.29) is 30.4 Å². The molecular weight excluding hydrogens is 376 g/mol. The molecular formula is C20H18N4O5. The van der Waals surface area contributed by atoms with Crippen molar-refractivity contribution in [3.05, 3.63) is 64.3 Å². The van der Waals surface area contributed by atoms with E-state index in [2.05, 4.69) is 10.3 Å². The molecule has 0 atom stereocenters. The molecule has 0 spiro atoms. The molecule has 1 aromatic heterocycles. The molecule has 0 saturated heterocycles. The molecule has 0 fully saturated rings. The van der Waals surface area contributed by atoms with E-state index in [9.17, 15) is 19.7 Å². The Morgan fingerprint density at radius 1 is 1.28 bits per heavy atom. The molecule has 2 aromatic carbocycles. The van der Waals surface area contributed by atoms with Crippen LogP contribution >= 0.6 is 0 Å². The predicted octanol–water partition coefficient (Wildman–Crippen LogP) is 2.16. The van der Waals surface area contributed by atoms with Crippen LogP contribution in [0, 0.1) is 10.1 Å². The Bertz CT molecular complexity index is 1110. The number of hydrogen-bond donors (Lipinski definition) is 2. The van der Waals surface area contributed by atoms with Crippen molar-refractivity contribution in [3.8, 4) is 5.75 Å². The second kappa shape index (κ2) is 7.63. The van der Waals surface area contributed by atoms with Crippen molar-refractivity contribution in [3.63, 3.8) is 0 Å². The van der Waals surface area contributed by atoms with Crippen LogP contribution in [-0.2, 0) is 16.0 Å². The molecule has 29 heavy (non-hydrogen) atoms. The molecule has 2 N–H and O–H groups in total. The lowest BCUT2D eigenvalue weighted by Gasteiger charge is -2.28. The van der Waals surface area contributed by atoms with Crippen molar-refractivity contribution >= 4 is 34.2 Å². The van der Waals surface area contributed by atoms with E-state index in [1.807, 2.05) is 30.5 Å². The van der Waals surface area contributed by atoms with Gasteiger partial charge in [-0.2, -0.15) is 0 Å². The van der Waals surface area contributed by atoms with E-state index in [1.165, 1.54) is 18.2 Å². The lowest BCUT2D eigenvalue weighted by Crippen LogP contribution is -2.43. The van der Waals surface area contributed by atoms with Gasteiger partial charge in [0.25, 0.3) is 5.69 Å². The summed E-state index contributed by atoms with van der Waals surface area (Å²) in [5.74, 6) is -0.726. The van der Waals surface area contributed by atoms with Crippen molar-refractivity contribution in [1.29, 1.82) is 0 Å². The number of nitrogens with zero attached hydrogens (tertiary/aromatic N) is 2. The molecule has 0 bridgehead atoms. The highest BCUT2D eigenvalue weighted by molar-refractivity contribution is 5.89. The molecule has 1 aliphatic heterocycles. The Balaban J connectivity index is 1.38. The molecule has 1 amide bonds. The third kappa shape index (κ3) is 3.88. The summed E-state index contributed by atoms with van der Waals surface area (Å²) in [6.45, 7) is 0.306. The van der Waals surface area contributed by atoms with Gasteiger partial charge in [0, 0.05) is 29.7 Å². The number of fused-ring (bicyclic) bond motifs is 2. The number of anilines is 1. The van der Waals surface area contributed by atoms with Crippen molar-refractivity contribution in [2.75, 3.05) is 24.5 Å². The Hall–Kier alpha value is -3.88. The SMILES string of the molecule is O=C(CN1CC(=O)Oc2cc([N+](=O)[O-])ccc21)NCCc1c[nH]c2ccccc12. The Morgan fingerprint density at radius 3 is 2.93 bits per heavy atom. The van der Waals surface area contributed by atoms with Gasteiger partial charge in [-0.15, -0.1) is 0 Å². The van der Waals surface area contributed by atoms with E-state index in [4.69, 9.17) is 4.74 Å². The predicted molar refractivity (Wildman–Crippen MR) is 106 cm³/mol. The Morgan fingerprint density at radius 2 is 2.10 bits per heavy atom. The van der Waals surface area contributed by atoms with Crippen molar-refractivity contribution in [2.24, 2.45) is 0 Å². The van der Waals surface area contributed by atoms with E-state index in [0.29, 0.717) is 18.7 Å². The van der Waals surface area contributed by atoms with E-state index in [0.717, 1.165) is 16.5 Å². The van der Waals surface area contributed by atoms with Gasteiger partial charge in [-0.3, -0.25) is 14.9 Å². The standard InChI is InChI=1S/C20H18N4O5/c25-19(21-8-7-13-10-22-16-4-2-1-3-15(13)16)11-23-12-20(26)29-18-9-14(24(27)28)5-6-17(18)23/h1-6,9-10,22H,7-8,11-12H2,(H,21,25). The highest BCUT2D eigenvalue weighted by Crippen LogP contribution is 2.34. The summed E-state index contributed by atoms with van der Waals surface area (Å²) in [6.07, 6.45) is 2.60. The molecule has 0 radical (unpaired) electrons.